The maximum atomic E-state index is 4.56. The van der Waals surface area contributed by atoms with Crippen LogP contribution in [0.15, 0.2) is 36.7 Å². The average molecular weight is 324 g/mol. The molecule has 0 spiro atoms. The highest BCUT2D eigenvalue weighted by Crippen LogP contribution is 2.40. The summed E-state index contributed by atoms with van der Waals surface area (Å²) in [4.78, 5) is 11.4. The summed E-state index contributed by atoms with van der Waals surface area (Å²) in [5.41, 5.74) is 2.50. The Labute approximate surface area is 140 Å². The van der Waals surface area contributed by atoms with Crippen molar-refractivity contribution in [2.75, 3.05) is 18.4 Å². The SMILES string of the molecule is Cc1sc2ncnc(NC3CCNCC3)c2c1-c1ccccc1. The van der Waals surface area contributed by atoms with Gasteiger partial charge in [-0.3, -0.25) is 0 Å². The lowest BCUT2D eigenvalue weighted by molar-refractivity contribution is 0.478. The van der Waals surface area contributed by atoms with Gasteiger partial charge in [-0.2, -0.15) is 0 Å². The molecule has 2 N–H and O–H groups in total. The van der Waals surface area contributed by atoms with Crippen LogP contribution in [0.5, 0.6) is 0 Å². The minimum Gasteiger partial charge on any atom is -0.367 e. The Kier molecular flexibility index (Phi) is 3.97. The number of benzene rings is 1. The average Bonchev–Trinajstić information content (AvgIpc) is 2.93. The number of thiophene rings is 1. The number of aryl methyl sites for hydroxylation is 1. The van der Waals surface area contributed by atoms with Crippen molar-refractivity contribution in [2.45, 2.75) is 25.8 Å². The molecule has 0 unspecified atom stereocenters. The number of nitrogens with zero attached hydrogens (tertiary/aromatic N) is 2. The zero-order chi connectivity index (χ0) is 15.6. The summed E-state index contributed by atoms with van der Waals surface area (Å²) in [6.45, 7) is 4.31. The third-order valence-electron chi connectivity index (χ3n) is 4.41. The fourth-order valence-electron chi connectivity index (χ4n) is 3.27. The summed E-state index contributed by atoms with van der Waals surface area (Å²) in [5.74, 6) is 0.977. The van der Waals surface area contributed by atoms with Crippen LogP contribution in [0.2, 0.25) is 0 Å². The quantitative estimate of drug-likeness (QED) is 0.769. The van der Waals surface area contributed by atoms with Gasteiger partial charge in [0.1, 0.15) is 17.0 Å². The molecule has 1 saturated heterocycles. The molecule has 1 aliphatic rings. The Balaban J connectivity index is 1.81. The van der Waals surface area contributed by atoms with Gasteiger partial charge in [0.05, 0.1) is 5.39 Å². The van der Waals surface area contributed by atoms with Gasteiger partial charge in [0, 0.05) is 16.5 Å². The molecular formula is C18H20N4S. The third-order valence-corrected chi connectivity index (χ3v) is 5.42. The molecule has 1 aliphatic heterocycles. The molecule has 4 nitrogen and oxygen atoms in total. The van der Waals surface area contributed by atoms with Gasteiger partial charge in [0.2, 0.25) is 0 Å². The largest absolute Gasteiger partial charge is 0.367 e. The maximum Gasteiger partial charge on any atom is 0.139 e. The van der Waals surface area contributed by atoms with Crippen molar-refractivity contribution in [3.8, 4) is 11.1 Å². The van der Waals surface area contributed by atoms with Crippen LogP contribution in [0.3, 0.4) is 0 Å². The molecule has 118 valence electrons. The number of piperidine rings is 1. The van der Waals surface area contributed by atoms with Crippen LogP contribution in [-0.2, 0) is 0 Å². The standard InChI is InChI=1S/C18H20N4S/c1-12-15(13-5-3-2-4-6-13)16-17(20-11-21-18(16)23-12)22-14-7-9-19-10-8-14/h2-6,11,14,19H,7-10H2,1H3,(H,20,21,22). The molecule has 3 aromatic rings. The van der Waals surface area contributed by atoms with Gasteiger partial charge in [0.25, 0.3) is 0 Å². The fraction of sp³-hybridized carbons (Fsp3) is 0.333. The molecule has 3 heterocycles. The lowest BCUT2D eigenvalue weighted by Crippen LogP contribution is -2.35. The number of hydrogen-bond donors (Lipinski definition) is 2. The topological polar surface area (TPSA) is 49.8 Å². The zero-order valence-electron chi connectivity index (χ0n) is 13.2. The van der Waals surface area contributed by atoms with E-state index in [1.807, 2.05) is 0 Å². The molecule has 0 bridgehead atoms. The lowest BCUT2D eigenvalue weighted by Gasteiger charge is -2.24. The van der Waals surface area contributed by atoms with Crippen LogP contribution in [-0.4, -0.2) is 29.1 Å². The third kappa shape index (κ3) is 2.82. The summed E-state index contributed by atoms with van der Waals surface area (Å²) >= 11 is 1.75. The predicted molar refractivity (Wildman–Crippen MR) is 97.1 cm³/mol. The minimum atomic E-state index is 0.484. The normalized spacial score (nSPS) is 15.9. The Hall–Kier alpha value is -1.98. The summed E-state index contributed by atoms with van der Waals surface area (Å²) < 4.78 is 0. The van der Waals surface area contributed by atoms with Crippen molar-refractivity contribution >= 4 is 27.4 Å². The smallest absolute Gasteiger partial charge is 0.139 e. The molecule has 0 saturated carbocycles. The number of fused-ring (bicyclic) bond motifs is 1. The summed E-state index contributed by atoms with van der Waals surface area (Å²) in [5, 5.41) is 8.24. The van der Waals surface area contributed by atoms with Gasteiger partial charge in [-0.05, 0) is 38.4 Å². The summed E-state index contributed by atoms with van der Waals surface area (Å²) in [6.07, 6.45) is 3.95. The minimum absolute atomic E-state index is 0.484. The van der Waals surface area contributed by atoms with Crippen LogP contribution >= 0.6 is 11.3 Å². The highest BCUT2D eigenvalue weighted by atomic mass is 32.1. The second kappa shape index (κ2) is 6.26. The second-order valence-electron chi connectivity index (χ2n) is 5.97. The highest BCUT2D eigenvalue weighted by molar-refractivity contribution is 7.19. The molecule has 23 heavy (non-hydrogen) atoms. The fourth-order valence-corrected chi connectivity index (χ4v) is 4.28. The van der Waals surface area contributed by atoms with Gasteiger partial charge in [0.15, 0.2) is 0 Å². The van der Waals surface area contributed by atoms with Gasteiger partial charge >= 0.3 is 0 Å². The van der Waals surface area contributed by atoms with E-state index in [0.29, 0.717) is 6.04 Å². The van der Waals surface area contributed by atoms with E-state index < -0.39 is 0 Å². The molecule has 0 amide bonds. The van der Waals surface area contributed by atoms with Gasteiger partial charge < -0.3 is 10.6 Å². The van der Waals surface area contributed by atoms with E-state index in [9.17, 15) is 0 Å². The van der Waals surface area contributed by atoms with E-state index in [1.165, 1.54) is 21.4 Å². The van der Waals surface area contributed by atoms with E-state index >= 15 is 0 Å². The maximum absolute atomic E-state index is 4.56. The Morgan fingerprint density at radius 1 is 1.13 bits per heavy atom. The van der Waals surface area contributed by atoms with Gasteiger partial charge in [-0.15, -0.1) is 11.3 Å². The first-order chi connectivity index (χ1) is 11.3. The van der Waals surface area contributed by atoms with Crippen molar-refractivity contribution in [3.63, 3.8) is 0 Å². The van der Waals surface area contributed by atoms with Crippen molar-refractivity contribution < 1.29 is 0 Å². The molecule has 0 aliphatic carbocycles. The van der Waals surface area contributed by atoms with E-state index in [0.717, 1.165) is 36.6 Å². The van der Waals surface area contributed by atoms with Crippen LogP contribution in [0.4, 0.5) is 5.82 Å². The molecule has 4 rings (SSSR count). The number of hydrogen-bond acceptors (Lipinski definition) is 5. The van der Waals surface area contributed by atoms with Gasteiger partial charge in [-0.25, -0.2) is 9.97 Å². The highest BCUT2D eigenvalue weighted by Gasteiger charge is 2.19. The molecule has 1 aromatic carbocycles. The first kappa shape index (κ1) is 14.6. The number of rotatable bonds is 3. The lowest BCUT2D eigenvalue weighted by atomic mass is 10.0. The van der Waals surface area contributed by atoms with Crippen molar-refractivity contribution in [2.24, 2.45) is 0 Å². The summed E-state index contributed by atoms with van der Waals surface area (Å²) in [6, 6.07) is 11.0. The number of nitrogens with one attached hydrogen (secondary N) is 2. The van der Waals surface area contributed by atoms with Crippen LogP contribution in [0.1, 0.15) is 17.7 Å². The van der Waals surface area contributed by atoms with E-state index in [-0.39, 0.29) is 0 Å². The molecule has 2 aromatic heterocycles. The van der Waals surface area contributed by atoms with E-state index in [2.05, 4.69) is 57.9 Å². The van der Waals surface area contributed by atoms with Crippen molar-refractivity contribution in [1.82, 2.24) is 15.3 Å². The second-order valence-corrected chi connectivity index (χ2v) is 7.17. The van der Waals surface area contributed by atoms with E-state index in [1.54, 1.807) is 17.7 Å². The van der Waals surface area contributed by atoms with E-state index in [4.69, 9.17) is 0 Å². The number of aromatic nitrogens is 2. The van der Waals surface area contributed by atoms with Crippen LogP contribution in [0, 0.1) is 6.92 Å². The molecule has 5 heteroatoms. The molecule has 0 radical (unpaired) electrons. The van der Waals surface area contributed by atoms with Gasteiger partial charge in [-0.1, -0.05) is 30.3 Å². The number of anilines is 1. The monoisotopic (exact) mass is 324 g/mol. The molecule has 0 atom stereocenters. The predicted octanol–water partition coefficient (Wildman–Crippen LogP) is 3.83. The molecular weight excluding hydrogens is 304 g/mol. The first-order valence-electron chi connectivity index (χ1n) is 8.09. The summed E-state index contributed by atoms with van der Waals surface area (Å²) in [7, 11) is 0. The Bertz CT molecular complexity index is 807. The molecule has 1 fully saturated rings. The van der Waals surface area contributed by atoms with Crippen LogP contribution < -0.4 is 10.6 Å². The van der Waals surface area contributed by atoms with Crippen molar-refractivity contribution in [1.29, 1.82) is 0 Å². The zero-order valence-corrected chi connectivity index (χ0v) is 14.0. The van der Waals surface area contributed by atoms with Crippen LogP contribution in [0.25, 0.3) is 21.3 Å². The first-order valence-corrected chi connectivity index (χ1v) is 8.91. The Morgan fingerprint density at radius 2 is 1.91 bits per heavy atom. The Morgan fingerprint density at radius 3 is 2.70 bits per heavy atom. The van der Waals surface area contributed by atoms with Crippen molar-refractivity contribution in [3.05, 3.63) is 41.5 Å².